The van der Waals surface area contributed by atoms with Crippen molar-refractivity contribution < 1.29 is 27.7 Å². The highest BCUT2D eigenvalue weighted by Gasteiger charge is 2.32. The van der Waals surface area contributed by atoms with Gasteiger partial charge < -0.3 is 19.8 Å². The standard InChI is InChI=1S/C36H34N2O6S2/c39-24-26-13-15-28(16-14-26)34-22-31(25-45-35-12-6-7-21-38(35)40)43-36(44-34)29-19-17-27(18-20-29)33-11-5-4-8-30(33)23-37-46(41,42)32-9-2-1-3-10-32/h1-21,31,34,36-37,39H,22-25H2. The molecule has 0 amide bonds. The van der Waals surface area contributed by atoms with E-state index in [1.54, 1.807) is 42.5 Å². The number of aromatic nitrogens is 1. The molecule has 1 aliphatic heterocycles. The number of sulfonamides is 1. The third kappa shape index (κ3) is 7.67. The zero-order chi connectivity index (χ0) is 31.9. The topological polar surface area (TPSA) is 112 Å². The lowest BCUT2D eigenvalue weighted by atomic mass is 9.98. The molecular weight excluding hydrogens is 621 g/mol. The molecule has 8 nitrogen and oxygen atoms in total. The van der Waals surface area contributed by atoms with Gasteiger partial charge in [0.25, 0.3) is 5.03 Å². The molecule has 0 spiro atoms. The van der Waals surface area contributed by atoms with Crippen LogP contribution in [-0.4, -0.2) is 25.4 Å². The molecule has 5 aromatic rings. The predicted molar refractivity (Wildman–Crippen MR) is 177 cm³/mol. The second kappa shape index (κ2) is 14.6. The molecule has 0 bridgehead atoms. The largest absolute Gasteiger partial charge is 0.618 e. The van der Waals surface area contributed by atoms with Crippen LogP contribution in [-0.2, 0) is 32.6 Å². The summed E-state index contributed by atoms with van der Waals surface area (Å²) in [7, 11) is -3.66. The number of rotatable bonds is 11. The minimum absolute atomic E-state index is 0.0303. The van der Waals surface area contributed by atoms with Crippen molar-refractivity contribution >= 4 is 21.8 Å². The molecule has 0 radical (unpaired) electrons. The molecule has 1 aromatic heterocycles. The fraction of sp³-hybridized carbons (Fsp3) is 0.194. The molecule has 1 fully saturated rings. The number of ether oxygens (including phenoxy) is 2. The van der Waals surface area contributed by atoms with Crippen LogP contribution in [0.2, 0.25) is 0 Å². The van der Waals surface area contributed by atoms with Gasteiger partial charge in [0.1, 0.15) is 0 Å². The van der Waals surface area contributed by atoms with E-state index in [0.29, 0.717) is 17.2 Å². The fourth-order valence-corrected chi connectivity index (χ4v) is 7.32. The Morgan fingerprint density at radius 1 is 0.826 bits per heavy atom. The Labute approximate surface area is 273 Å². The zero-order valence-corrected chi connectivity index (χ0v) is 26.6. The molecular formula is C36H34N2O6S2. The zero-order valence-electron chi connectivity index (χ0n) is 24.9. The van der Waals surface area contributed by atoms with Crippen LogP contribution in [0, 0.1) is 5.21 Å². The molecule has 4 aromatic carbocycles. The normalized spacial score (nSPS) is 18.3. The van der Waals surface area contributed by atoms with Gasteiger partial charge in [0.05, 0.1) is 23.7 Å². The van der Waals surface area contributed by atoms with Crippen LogP contribution in [0.5, 0.6) is 0 Å². The van der Waals surface area contributed by atoms with Gasteiger partial charge in [0, 0.05) is 36.4 Å². The van der Waals surface area contributed by atoms with Crippen molar-refractivity contribution in [1.82, 2.24) is 4.72 Å². The smallest absolute Gasteiger partial charge is 0.251 e. The summed E-state index contributed by atoms with van der Waals surface area (Å²) in [6, 6.07) is 37.0. The summed E-state index contributed by atoms with van der Waals surface area (Å²) < 4.78 is 42.2. The number of benzene rings is 4. The van der Waals surface area contributed by atoms with E-state index in [0.717, 1.165) is 38.1 Å². The number of hydrogen-bond acceptors (Lipinski definition) is 7. The maximum absolute atomic E-state index is 12.8. The molecule has 1 saturated heterocycles. The van der Waals surface area contributed by atoms with Crippen molar-refractivity contribution in [2.75, 3.05) is 5.75 Å². The number of nitrogens with one attached hydrogen (secondary N) is 1. The lowest BCUT2D eigenvalue weighted by Crippen LogP contribution is -2.32. The summed E-state index contributed by atoms with van der Waals surface area (Å²) in [4.78, 5) is 0.222. The molecule has 46 heavy (non-hydrogen) atoms. The highest BCUT2D eigenvalue weighted by atomic mass is 32.2. The molecule has 2 N–H and O–H groups in total. The summed E-state index contributed by atoms with van der Waals surface area (Å²) in [6.45, 7) is 0.113. The van der Waals surface area contributed by atoms with Gasteiger partial charge in [-0.05, 0) is 46.0 Å². The average molecular weight is 655 g/mol. The Morgan fingerprint density at radius 3 is 2.26 bits per heavy atom. The van der Waals surface area contributed by atoms with Gasteiger partial charge in [-0.3, -0.25) is 0 Å². The minimum Gasteiger partial charge on any atom is -0.618 e. The molecule has 3 atom stereocenters. The first-order valence-corrected chi connectivity index (χ1v) is 17.4. The molecule has 0 saturated carbocycles. The van der Waals surface area contributed by atoms with Gasteiger partial charge in [-0.25, -0.2) is 13.1 Å². The van der Waals surface area contributed by atoms with Crippen LogP contribution >= 0.6 is 11.8 Å². The van der Waals surface area contributed by atoms with Crippen molar-refractivity contribution in [3.63, 3.8) is 0 Å². The molecule has 3 unspecified atom stereocenters. The Bertz CT molecular complexity index is 1850. The second-order valence-electron chi connectivity index (χ2n) is 10.9. The average Bonchev–Trinajstić information content (AvgIpc) is 3.11. The first-order valence-electron chi connectivity index (χ1n) is 14.9. The summed E-state index contributed by atoms with van der Waals surface area (Å²) in [6.07, 6.45) is 1.02. The molecule has 2 heterocycles. The van der Waals surface area contributed by atoms with Crippen molar-refractivity contribution in [2.24, 2.45) is 0 Å². The minimum atomic E-state index is -3.66. The molecule has 236 valence electrons. The van der Waals surface area contributed by atoms with E-state index < -0.39 is 16.3 Å². The number of thioether (sulfide) groups is 1. The van der Waals surface area contributed by atoms with Gasteiger partial charge >= 0.3 is 0 Å². The van der Waals surface area contributed by atoms with Crippen LogP contribution in [0.15, 0.2) is 137 Å². The third-order valence-electron chi connectivity index (χ3n) is 7.84. The Kier molecular flexibility index (Phi) is 10.1. The van der Waals surface area contributed by atoms with Gasteiger partial charge in [0.2, 0.25) is 10.0 Å². The number of pyridine rings is 1. The molecule has 1 aliphatic rings. The second-order valence-corrected chi connectivity index (χ2v) is 13.7. The number of nitrogens with zero attached hydrogens (tertiary/aromatic N) is 1. The van der Waals surface area contributed by atoms with E-state index in [-0.39, 0.29) is 30.3 Å². The summed E-state index contributed by atoms with van der Waals surface area (Å²) >= 11 is 1.45. The molecule has 6 rings (SSSR count). The van der Waals surface area contributed by atoms with Crippen molar-refractivity contribution in [2.45, 2.75) is 48.0 Å². The van der Waals surface area contributed by atoms with Crippen LogP contribution in [0.4, 0.5) is 0 Å². The van der Waals surface area contributed by atoms with Crippen molar-refractivity contribution in [1.29, 1.82) is 0 Å². The van der Waals surface area contributed by atoms with Crippen LogP contribution < -0.4 is 9.45 Å². The van der Waals surface area contributed by atoms with Gasteiger partial charge in [-0.15, -0.1) is 0 Å². The van der Waals surface area contributed by atoms with Gasteiger partial charge in [-0.2, -0.15) is 4.73 Å². The van der Waals surface area contributed by atoms with E-state index in [1.165, 1.54) is 18.0 Å². The van der Waals surface area contributed by atoms with Gasteiger partial charge in [-0.1, -0.05) is 103 Å². The molecule has 0 aliphatic carbocycles. The Hall–Kier alpha value is -4.03. The maximum Gasteiger partial charge on any atom is 0.251 e. The first kappa shape index (κ1) is 31.9. The summed E-state index contributed by atoms with van der Waals surface area (Å²) in [5, 5.41) is 22.3. The third-order valence-corrected chi connectivity index (χ3v) is 10.4. The van der Waals surface area contributed by atoms with E-state index in [9.17, 15) is 18.7 Å². The summed E-state index contributed by atoms with van der Waals surface area (Å²) in [5.41, 5.74) is 5.35. The highest BCUT2D eigenvalue weighted by Crippen LogP contribution is 2.40. The number of hydrogen-bond donors (Lipinski definition) is 2. The Balaban J connectivity index is 1.20. The quantitative estimate of drug-likeness (QED) is 0.0978. The van der Waals surface area contributed by atoms with Crippen LogP contribution in [0.3, 0.4) is 0 Å². The van der Waals surface area contributed by atoms with Gasteiger partial charge in [0.15, 0.2) is 12.5 Å². The number of aliphatic hydroxyl groups is 1. The van der Waals surface area contributed by atoms with Crippen LogP contribution in [0.1, 0.15) is 41.1 Å². The van der Waals surface area contributed by atoms with Crippen molar-refractivity contribution in [3.05, 3.63) is 155 Å². The fourth-order valence-electron chi connectivity index (χ4n) is 5.36. The monoisotopic (exact) mass is 654 g/mol. The van der Waals surface area contributed by atoms with E-state index in [2.05, 4.69) is 4.72 Å². The van der Waals surface area contributed by atoms with E-state index >= 15 is 0 Å². The highest BCUT2D eigenvalue weighted by molar-refractivity contribution is 7.99. The summed E-state index contributed by atoms with van der Waals surface area (Å²) in [5.74, 6) is 0.571. The lowest BCUT2D eigenvalue weighted by molar-refractivity contribution is -0.645. The SMILES string of the molecule is O=S(=O)(NCc1ccccc1-c1ccc(C2OC(CSc3cccc[n+]3[O-])CC(c3ccc(CO)cc3)O2)cc1)c1ccccc1. The first-order chi connectivity index (χ1) is 22.4. The Morgan fingerprint density at radius 2 is 1.52 bits per heavy atom. The van der Waals surface area contributed by atoms with E-state index in [4.69, 9.17) is 9.47 Å². The maximum atomic E-state index is 12.8. The van der Waals surface area contributed by atoms with E-state index in [1.807, 2.05) is 78.9 Å². The van der Waals surface area contributed by atoms with Crippen LogP contribution in [0.25, 0.3) is 11.1 Å². The predicted octanol–water partition coefficient (Wildman–Crippen LogP) is 6.30. The lowest BCUT2D eigenvalue weighted by Gasteiger charge is -2.36. The van der Waals surface area contributed by atoms with Crippen molar-refractivity contribution in [3.8, 4) is 11.1 Å². The number of aliphatic hydroxyl groups excluding tert-OH is 1. The molecule has 10 heteroatoms.